The minimum absolute atomic E-state index is 0.0338. The molecule has 0 aromatic heterocycles. The lowest BCUT2D eigenvalue weighted by Gasteiger charge is -2.19. The topological polar surface area (TPSA) is 58.4 Å². The zero-order chi connectivity index (χ0) is 9.56. The summed E-state index contributed by atoms with van der Waals surface area (Å²) in [6.45, 7) is 4.14. The van der Waals surface area contributed by atoms with Crippen LogP contribution in [0.2, 0.25) is 0 Å². The number of nitrogens with zero attached hydrogens (tertiary/aromatic N) is 1. The van der Waals surface area contributed by atoms with Crippen molar-refractivity contribution < 1.29 is 4.79 Å². The number of carbonyl (C=O) groups excluding carboxylic acids is 1. The molecule has 0 saturated heterocycles. The van der Waals surface area contributed by atoms with Crippen LogP contribution in [-0.2, 0) is 4.79 Å². The number of hydrogen-bond acceptors (Lipinski definition) is 3. The highest BCUT2D eigenvalue weighted by Crippen LogP contribution is 1.96. The van der Waals surface area contributed by atoms with E-state index in [0.717, 1.165) is 13.1 Å². The van der Waals surface area contributed by atoms with E-state index in [0.29, 0.717) is 6.54 Å². The second kappa shape index (κ2) is 5.97. The van der Waals surface area contributed by atoms with Crippen LogP contribution >= 0.6 is 0 Å². The fourth-order valence-corrected chi connectivity index (χ4v) is 1.11. The molecule has 0 aromatic rings. The van der Waals surface area contributed by atoms with Crippen LogP contribution < -0.4 is 11.1 Å². The van der Waals surface area contributed by atoms with Crippen molar-refractivity contribution in [2.75, 3.05) is 33.7 Å². The third-order valence-corrected chi connectivity index (χ3v) is 1.79. The second-order valence-electron chi connectivity index (χ2n) is 3.07. The maximum absolute atomic E-state index is 11.1. The van der Waals surface area contributed by atoms with Crippen molar-refractivity contribution in [1.82, 2.24) is 10.2 Å². The number of nitrogens with two attached hydrogens (primary N) is 1. The van der Waals surface area contributed by atoms with E-state index in [1.165, 1.54) is 0 Å². The molecule has 0 bridgehead atoms. The molecule has 0 spiro atoms. The summed E-state index contributed by atoms with van der Waals surface area (Å²) in [6.07, 6.45) is 0. The summed E-state index contributed by atoms with van der Waals surface area (Å²) in [5, 5.41) is 2.62. The Morgan fingerprint density at radius 2 is 2.25 bits per heavy atom. The molecule has 4 heteroatoms. The van der Waals surface area contributed by atoms with E-state index in [1.54, 1.807) is 7.05 Å². The first kappa shape index (κ1) is 11.4. The molecule has 0 aliphatic carbocycles. The lowest BCUT2D eigenvalue weighted by atomic mass is 10.1. The highest BCUT2D eigenvalue weighted by Gasteiger charge is 2.12. The summed E-state index contributed by atoms with van der Waals surface area (Å²) in [6, 6.07) is 0. The zero-order valence-electron chi connectivity index (χ0n) is 8.13. The predicted octanol–water partition coefficient (Wildman–Crippen LogP) is -0.741. The molecule has 4 nitrogen and oxygen atoms in total. The van der Waals surface area contributed by atoms with Gasteiger partial charge in [0.1, 0.15) is 0 Å². The first-order chi connectivity index (χ1) is 5.61. The van der Waals surface area contributed by atoms with Crippen LogP contribution in [-0.4, -0.2) is 44.5 Å². The van der Waals surface area contributed by atoms with Gasteiger partial charge in [-0.2, -0.15) is 0 Å². The monoisotopic (exact) mass is 173 g/mol. The van der Waals surface area contributed by atoms with Crippen molar-refractivity contribution in [3.05, 3.63) is 0 Å². The fourth-order valence-electron chi connectivity index (χ4n) is 1.11. The summed E-state index contributed by atoms with van der Waals surface area (Å²) in [7, 11) is 3.62. The third kappa shape index (κ3) is 4.31. The standard InChI is InChI=1S/C8H19N3O/c1-7(8(12)10-2)6-11(3)5-4-9/h7H,4-6,9H2,1-3H3,(H,10,12)/t7-/m1/s1. The normalized spacial score (nSPS) is 13.1. The van der Waals surface area contributed by atoms with Gasteiger partial charge in [-0.05, 0) is 7.05 Å². The molecule has 0 heterocycles. The van der Waals surface area contributed by atoms with Gasteiger partial charge in [-0.25, -0.2) is 0 Å². The summed E-state index contributed by atoms with van der Waals surface area (Å²) in [5.41, 5.74) is 5.37. The van der Waals surface area contributed by atoms with Gasteiger partial charge >= 0.3 is 0 Å². The summed E-state index contributed by atoms with van der Waals surface area (Å²) in [5.74, 6) is 0.116. The summed E-state index contributed by atoms with van der Waals surface area (Å²) >= 11 is 0. The molecule has 0 unspecified atom stereocenters. The first-order valence-corrected chi connectivity index (χ1v) is 4.22. The molecule has 1 amide bonds. The molecule has 0 fully saturated rings. The minimum Gasteiger partial charge on any atom is -0.359 e. The number of nitrogens with one attached hydrogen (secondary N) is 1. The Morgan fingerprint density at radius 1 is 1.67 bits per heavy atom. The zero-order valence-corrected chi connectivity index (χ0v) is 8.13. The molecule has 0 saturated carbocycles. The maximum atomic E-state index is 11.1. The molecule has 12 heavy (non-hydrogen) atoms. The van der Waals surface area contributed by atoms with E-state index in [1.807, 2.05) is 14.0 Å². The van der Waals surface area contributed by atoms with Crippen LogP contribution in [0, 0.1) is 5.92 Å². The lowest BCUT2D eigenvalue weighted by molar-refractivity contribution is -0.124. The van der Waals surface area contributed by atoms with Gasteiger partial charge in [0, 0.05) is 32.6 Å². The molecule has 3 N–H and O–H groups in total. The number of likely N-dealkylation sites (N-methyl/N-ethyl adjacent to an activating group) is 1. The van der Waals surface area contributed by atoms with Crippen molar-refractivity contribution >= 4 is 5.91 Å². The molecule has 0 rings (SSSR count). The minimum atomic E-state index is 0.0338. The average Bonchev–Trinajstić information content (AvgIpc) is 2.03. The lowest BCUT2D eigenvalue weighted by Crippen LogP contribution is -2.36. The number of carbonyl (C=O) groups is 1. The summed E-state index contributed by atoms with van der Waals surface area (Å²) in [4.78, 5) is 13.1. The van der Waals surface area contributed by atoms with Gasteiger partial charge in [-0.15, -0.1) is 0 Å². The van der Waals surface area contributed by atoms with E-state index < -0.39 is 0 Å². The van der Waals surface area contributed by atoms with Gasteiger partial charge in [0.25, 0.3) is 0 Å². The van der Waals surface area contributed by atoms with E-state index in [2.05, 4.69) is 10.2 Å². The molecular formula is C8H19N3O. The van der Waals surface area contributed by atoms with E-state index >= 15 is 0 Å². The molecule has 0 aliphatic rings. The van der Waals surface area contributed by atoms with Gasteiger partial charge in [0.05, 0.1) is 0 Å². The summed E-state index contributed by atoms with van der Waals surface area (Å²) < 4.78 is 0. The smallest absolute Gasteiger partial charge is 0.223 e. The van der Waals surface area contributed by atoms with Gasteiger partial charge < -0.3 is 16.0 Å². The highest BCUT2D eigenvalue weighted by molar-refractivity contribution is 5.78. The molecule has 72 valence electrons. The van der Waals surface area contributed by atoms with Crippen molar-refractivity contribution in [3.63, 3.8) is 0 Å². The van der Waals surface area contributed by atoms with Crippen molar-refractivity contribution in [2.24, 2.45) is 11.7 Å². The number of hydrogen-bond donors (Lipinski definition) is 2. The van der Waals surface area contributed by atoms with E-state index in [-0.39, 0.29) is 11.8 Å². The second-order valence-corrected chi connectivity index (χ2v) is 3.07. The number of rotatable bonds is 5. The fraction of sp³-hybridized carbons (Fsp3) is 0.875. The Balaban J connectivity index is 3.67. The molecular weight excluding hydrogens is 154 g/mol. The van der Waals surface area contributed by atoms with Crippen LogP contribution in [0.3, 0.4) is 0 Å². The average molecular weight is 173 g/mol. The van der Waals surface area contributed by atoms with Crippen molar-refractivity contribution in [3.8, 4) is 0 Å². The Hall–Kier alpha value is -0.610. The third-order valence-electron chi connectivity index (χ3n) is 1.79. The predicted molar refractivity (Wildman–Crippen MR) is 49.8 cm³/mol. The van der Waals surface area contributed by atoms with Crippen LogP contribution in [0.5, 0.6) is 0 Å². The van der Waals surface area contributed by atoms with Crippen LogP contribution in [0.15, 0.2) is 0 Å². The van der Waals surface area contributed by atoms with Gasteiger partial charge in [0.2, 0.25) is 5.91 Å². The highest BCUT2D eigenvalue weighted by atomic mass is 16.1. The van der Waals surface area contributed by atoms with Crippen LogP contribution in [0.1, 0.15) is 6.92 Å². The maximum Gasteiger partial charge on any atom is 0.223 e. The SMILES string of the molecule is CNC(=O)[C@H](C)CN(C)CCN. The molecule has 1 atom stereocenters. The van der Waals surface area contributed by atoms with Crippen molar-refractivity contribution in [1.29, 1.82) is 0 Å². The van der Waals surface area contributed by atoms with Gasteiger partial charge in [-0.1, -0.05) is 6.92 Å². The van der Waals surface area contributed by atoms with E-state index in [4.69, 9.17) is 5.73 Å². The van der Waals surface area contributed by atoms with E-state index in [9.17, 15) is 4.79 Å². The van der Waals surface area contributed by atoms with Gasteiger partial charge in [0.15, 0.2) is 0 Å². The largest absolute Gasteiger partial charge is 0.359 e. The van der Waals surface area contributed by atoms with Crippen LogP contribution in [0.4, 0.5) is 0 Å². The van der Waals surface area contributed by atoms with Crippen molar-refractivity contribution in [2.45, 2.75) is 6.92 Å². The Labute approximate surface area is 74.1 Å². The Bertz CT molecular complexity index is 138. The Kier molecular flexibility index (Phi) is 5.66. The molecule has 0 aromatic carbocycles. The van der Waals surface area contributed by atoms with Gasteiger partial charge in [-0.3, -0.25) is 4.79 Å². The molecule has 0 aliphatic heterocycles. The Morgan fingerprint density at radius 3 is 2.67 bits per heavy atom. The number of amides is 1. The first-order valence-electron chi connectivity index (χ1n) is 4.22. The van der Waals surface area contributed by atoms with Crippen LogP contribution in [0.25, 0.3) is 0 Å². The quantitative estimate of drug-likeness (QED) is 0.575. The molecule has 0 radical (unpaired) electrons.